The summed E-state index contributed by atoms with van der Waals surface area (Å²) in [7, 11) is 1.84. The molecule has 0 radical (unpaired) electrons. The van der Waals surface area contributed by atoms with E-state index in [9.17, 15) is 10.1 Å². The number of rotatable bonds is 3. The summed E-state index contributed by atoms with van der Waals surface area (Å²) in [5.74, 6) is -0.267. The third-order valence-corrected chi connectivity index (χ3v) is 6.04. The van der Waals surface area contributed by atoms with Crippen LogP contribution in [-0.4, -0.2) is 22.9 Å². The Labute approximate surface area is 184 Å². The van der Waals surface area contributed by atoms with E-state index in [0.29, 0.717) is 34.1 Å². The Morgan fingerprint density at radius 1 is 1.23 bits per heavy atom. The number of aromatic nitrogens is 2. The Morgan fingerprint density at radius 3 is 2.81 bits per heavy atom. The average Bonchev–Trinajstić information content (AvgIpc) is 3.24. The summed E-state index contributed by atoms with van der Waals surface area (Å²) in [4.78, 5) is 22.0. The van der Waals surface area contributed by atoms with Crippen LogP contribution in [0.4, 0.5) is 5.69 Å². The highest BCUT2D eigenvalue weighted by molar-refractivity contribution is 6.32. The van der Waals surface area contributed by atoms with Gasteiger partial charge in [0.05, 0.1) is 16.9 Å². The molecule has 6 nitrogen and oxygen atoms in total. The van der Waals surface area contributed by atoms with Crippen molar-refractivity contribution in [1.82, 2.24) is 15.3 Å². The molecular formula is C24H18ClN5O. The minimum Gasteiger partial charge on any atom is -0.354 e. The van der Waals surface area contributed by atoms with Crippen LogP contribution in [0, 0.1) is 11.3 Å². The number of amides is 1. The molecular weight excluding hydrogens is 410 g/mol. The topological polar surface area (TPSA) is 84.8 Å². The number of hydrogen-bond acceptors (Lipinski definition) is 4. The highest BCUT2D eigenvalue weighted by Gasteiger charge is 2.34. The van der Waals surface area contributed by atoms with Crippen molar-refractivity contribution in [2.45, 2.75) is 12.6 Å². The Balaban J connectivity index is 1.61. The molecule has 0 fully saturated rings. The number of anilines is 1. The molecule has 1 atom stereocenters. The lowest BCUT2D eigenvalue weighted by molar-refractivity contribution is 0.0922. The summed E-state index contributed by atoms with van der Waals surface area (Å²) in [6.45, 7) is 0. The van der Waals surface area contributed by atoms with Crippen molar-refractivity contribution < 1.29 is 4.79 Å². The molecule has 1 unspecified atom stereocenters. The van der Waals surface area contributed by atoms with E-state index in [2.05, 4.69) is 33.5 Å². The van der Waals surface area contributed by atoms with Crippen molar-refractivity contribution in [2.75, 3.05) is 11.9 Å². The van der Waals surface area contributed by atoms with Crippen LogP contribution in [0.25, 0.3) is 10.8 Å². The average molecular weight is 428 g/mol. The van der Waals surface area contributed by atoms with Gasteiger partial charge in [0.25, 0.3) is 5.91 Å². The normalized spacial score (nSPS) is 15.5. The molecule has 0 spiro atoms. The number of carbonyl (C=O) groups excluding carboxylic acids is 1. The van der Waals surface area contributed by atoms with Crippen LogP contribution in [0.5, 0.6) is 0 Å². The zero-order valence-electron chi connectivity index (χ0n) is 16.7. The highest BCUT2D eigenvalue weighted by Crippen LogP contribution is 2.35. The monoisotopic (exact) mass is 427 g/mol. The molecule has 0 bridgehead atoms. The van der Waals surface area contributed by atoms with Crippen molar-refractivity contribution in [3.05, 3.63) is 94.0 Å². The largest absolute Gasteiger partial charge is 0.354 e. The molecule has 2 aromatic carbocycles. The molecule has 0 aliphatic carbocycles. The van der Waals surface area contributed by atoms with E-state index in [4.69, 9.17) is 11.6 Å². The molecule has 0 saturated carbocycles. The molecule has 3 heterocycles. The molecule has 152 valence electrons. The first-order valence-electron chi connectivity index (χ1n) is 9.83. The molecule has 2 N–H and O–H groups in total. The van der Waals surface area contributed by atoms with Gasteiger partial charge in [-0.1, -0.05) is 48.0 Å². The van der Waals surface area contributed by atoms with Gasteiger partial charge in [-0.15, -0.1) is 0 Å². The number of H-pyrrole nitrogens is 1. The number of benzene rings is 2. The maximum Gasteiger partial charge on any atom is 0.271 e. The number of nitriles is 1. The number of nitrogens with one attached hydrogen (secondary N) is 2. The Bertz CT molecular complexity index is 1360. The zero-order valence-corrected chi connectivity index (χ0v) is 17.4. The molecule has 31 heavy (non-hydrogen) atoms. The Kier molecular flexibility index (Phi) is 4.61. The SMILES string of the molecule is CN1c2c(C#N)c[nH]c2C(=O)NC1c1cc2c(Cc3ccccc3)c(Cl)ccc2cn1. The first kappa shape index (κ1) is 19.2. The van der Waals surface area contributed by atoms with Gasteiger partial charge in [0.15, 0.2) is 0 Å². The van der Waals surface area contributed by atoms with Gasteiger partial charge in [-0.3, -0.25) is 9.78 Å². The van der Waals surface area contributed by atoms with Crippen LogP contribution in [-0.2, 0) is 6.42 Å². The van der Waals surface area contributed by atoms with Crippen LogP contribution in [0.3, 0.4) is 0 Å². The predicted molar refractivity (Wildman–Crippen MR) is 120 cm³/mol. The minimum absolute atomic E-state index is 0.267. The number of hydrogen-bond donors (Lipinski definition) is 2. The Morgan fingerprint density at radius 2 is 2.03 bits per heavy atom. The van der Waals surface area contributed by atoms with E-state index in [0.717, 1.165) is 21.9 Å². The van der Waals surface area contributed by atoms with Crippen molar-refractivity contribution in [3.8, 4) is 6.07 Å². The lowest BCUT2D eigenvalue weighted by Gasteiger charge is -2.34. The maximum absolute atomic E-state index is 12.6. The highest BCUT2D eigenvalue weighted by atomic mass is 35.5. The standard InChI is InChI=1S/C24H18ClN5O/c1-30-22-16(11-26)13-28-21(22)24(31)29-23(30)20-10-17-15(12-27-20)7-8-19(25)18(17)9-14-5-3-2-4-6-14/h2-8,10,12-13,23,28H,9H2,1H3,(H,29,31). The molecule has 5 rings (SSSR count). The number of halogens is 1. The van der Waals surface area contributed by atoms with Crippen molar-refractivity contribution in [1.29, 1.82) is 5.26 Å². The number of pyridine rings is 1. The Hall–Kier alpha value is -3.82. The number of carbonyl (C=O) groups is 1. The van der Waals surface area contributed by atoms with Gasteiger partial charge in [-0.25, -0.2) is 0 Å². The molecule has 1 amide bonds. The van der Waals surface area contributed by atoms with Crippen LogP contribution in [0.2, 0.25) is 5.02 Å². The van der Waals surface area contributed by atoms with Gasteiger partial charge in [0.2, 0.25) is 0 Å². The summed E-state index contributed by atoms with van der Waals surface area (Å²) < 4.78 is 0. The fraction of sp³-hybridized carbons (Fsp3) is 0.125. The maximum atomic E-state index is 12.6. The first-order chi connectivity index (χ1) is 15.1. The van der Waals surface area contributed by atoms with Gasteiger partial charge >= 0.3 is 0 Å². The second-order valence-electron chi connectivity index (χ2n) is 7.54. The van der Waals surface area contributed by atoms with E-state index in [1.54, 1.807) is 12.4 Å². The van der Waals surface area contributed by atoms with Gasteiger partial charge < -0.3 is 15.2 Å². The van der Waals surface area contributed by atoms with Gasteiger partial charge in [0, 0.05) is 29.9 Å². The second kappa shape index (κ2) is 7.46. The summed E-state index contributed by atoms with van der Waals surface area (Å²) in [5, 5.41) is 15.1. The summed E-state index contributed by atoms with van der Waals surface area (Å²) in [5.41, 5.74) is 4.23. The molecule has 1 aliphatic rings. The van der Waals surface area contributed by atoms with Gasteiger partial charge in [-0.05, 0) is 35.1 Å². The number of aromatic amines is 1. The minimum atomic E-state index is -0.504. The zero-order chi connectivity index (χ0) is 21.5. The third-order valence-electron chi connectivity index (χ3n) is 5.69. The summed E-state index contributed by atoms with van der Waals surface area (Å²) in [6.07, 6.45) is 3.53. The van der Waals surface area contributed by atoms with Crippen LogP contribution in [0.15, 0.2) is 60.9 Å². The van der Waals surface area contributed by atoms with Crippen molar-refractivity contribution >= 4 is 34.0 Å². The summed E-state index contributed by atoms with van der Waals surface area (Å²) in [6, 6.07) is 18.1. The molecule has 7 heteroatoms. The fourth-order valence-corrected chi connectivity index (χ4v) is 4.36. The van der Waals surface area contributed by atoms with E-state index in [1.807, 2.05) is 48.3 Å². The van der Waals surface area contributed by atoms with E-state index < -0.39 is 6.17 Å². The van der Waals surface area contributed by atoms with E-state index in [-0.39, 0.29) is 5.91 Å². The van der Waals surface area contributed by atoms with Crippen molar-refractivity contribution in [3.63, 3.8) is 0 Å². The fourth-order valence-electron chi connectivity index (χ4n) is 4.13. The first-order valence-corrected chi connectivity index (χ1v) is 10.2. The second-order valence-corrected chi connectivity index (χ2v) is 7.95. The lowest BCUT2D eigenvalue weighted by atomic mass is 9.98. The molecule has 1 aliphatic heterocycles. The summed E-state index contributed by atoms with van der Waals surface area (Å²) >= 11 is 6.59. The van der Waals surface area contributed by atoms with E-state index >= 15 is 0 Å². The van der Waals surface area contributed by atoms with Gasteiger partial charge in [0.1, 0.15) is 17.9 Å². The predicted octanol–water partition coefficient (Wildman–Crippen LogP) is 4.56. The van der Waals surface area contributed by atoms with E-state index in [1.165, 1.54) is 0 Å². The molecule has 0 saturated heterocycles. The molecule has 2 aromatic heterocycles. The number of fused-ring (bicyclic) bond motifs is 2. The smallest absolute Gasteiger partial charge is 0.271 e. The van der Waals surface area contributed by atoms with Crippen LogP contribution in [0.1, 0.15) is 39.0 Å². The third kappa shape index (κ3) is 3.20. The quantitative estimate of drug-likeness (QED) is 0.502. The lowest BCUT2D eigenvalue weighted by Crippen LogP contribution is -2.45. The van der Waals surface area contributed by atoms with Crippen molar-refractivity contribution in [2.24, 2.45) is 0 Å². The number of nitrogens with zero attached hydrogens (tertiary/aromatic N) is 3. The van der Waals surface area contributed by atoms with Crippen LogP contribution >= 0.6 is 11.6 Å². The van der Waals surface area contributed by atoms with Gasteiger partial charge in [-0.2, -0.15) is 5.26 Å². The molecule has 4 aromatic rings. The van der Waals surface area contributed by atoms with Crippen LogP contribution < -0.4 is 10.2 Å².